The molecule has 0 aliphatic heterocycles. The molecule has 2 rings (SSSR count). The van der Waals surface area contributed by atoms with Crippen LogP contribution in [0.4, 0.5) is 0 Å². The van der Waals surface area contributed by atoms with E-state index in [1.807, 2.05) is 11.9 Å². The highest BCUT2D eigenvalue weighted by molar-refractivity contribution is 7.11. The Morgan fingerprint density at radius 2 is 2.20 bits per heavy atom. The second kappa shape index (κ2) is 5.25. The summed E-state index contributed by atoms with van der Waals surface area (Å²) >= 11 is 0.402. The van der Waals surface area contributed by atoms with Gasteiger partial charge in [-0.05, 0) is 36.5 Å². The van der Waals surface area contributed by atoms with Crippen molar-refractivity contribution in [2.24, 2.45) is 7.05 Å². The Hall–Kier alpha value is -2.48. The molecule has 0 aromatic carbocycles. The molecule has 0 atom stereocenters. The Labute approximate surface area is 116 Å². The van der Waals surface area contributed by atoms with E-state index >= 15 is 0 Å². The third kappa shape index (κ3) is 2.75. The van der Waals surface area contributed by atoms with Crippen LogP contribution in [-0.4, -0.2) is 25.7 Å². The molecule has 0 radical (unpaired) electrons. The molecule has 0 unspecified atom stereocenters. The van der Waals surface area contributed by atoms with Crippen LogP contribution in [0.2, 0.25) is 0 Å². The summed E-state index contributed by atoms with van der Waals surface area (Å²) in [6, 6.07) is 1.76. The number of hydrogen-bond acceptors (Lipinski definition) is 6. The van der Waals surface area contributed by atoms with Gasteiger partial charge in [0, 0.05) is 7.05 Å². The van der Waals surface area contributed by atoms with Crippen molar-refractivity contribution >= 4 is 23.2 Å². The zero-order chi connectivity index (χ0) is 14.9. The minimum absolute atomic E-state index is 0.402. The van der Waals surface area contributed by atoms with Crippen LogP contribution in [-0.2, 0) is 7.05 Å². The van der Waals surface area contributed by atoms with Gasteiger partial charge in [0.05, 0.1) is 11.4 Å². The fourth-order valence-corrected chi connectivity index (χ4v) is 2.28. The smallest absolute Gasteiger partial charge is 0.310 e. The first-order valence-electron chi connectivity index (χ1n) is 5.58. The molecular formula is C12H11N3O4S. The molecule has 0 aliphatic rings. The predicted octanol–water partition coefficient (Wildman–Crippen LogP) is 0.440. The maximum absolute atomic E-state index is 11.9. The SMILES string of the molecule is Cc1cc(C=CC(=O)c2c(O)sc(=O)[nH]c2=O)n(C)n1. The standard InChI is InChI=1S/C12H11N3O4S/c1-6-5-7(15(2)14-6)3-4-8(16)9-10(17)13-12(19)20-11(9)18/h3-5,18H,1-2H3,(H,13,17,19). The molecule has 8 heteroatoms. The number of aromatic hydroxyl groups is 1. The summed E-state index contributed by atoms with van der Waals surface area (Å²) in [5.41, 5.74) is 0.126. The van der Waals surface area contributed by atoms with Crippen molar-refractivity contribution in [2.45, 2.75) is 6.92 Å². The van der Waals surface area contributed by atoms with Gasteiger partial charge in [0.2, 0.25) is 0 Å². The number of aromatic nitrogens is 3. The first kappa shape index (κ1) is 13.9. The summed E-state index contributed by atoms with van der Waals surface area (Å²) in [6.07, 6.45) is 2.63. The summed E-state index contributed by atoms with van der Waals surface area (Å²) < 4.78 is 1.58. The van der Waals surface area contributed by atoms with Crippen LogP contribution in [0.15, 0.2) is 21.7 Å². The van der Waals surface area contributed by atoms with E-state index in [1.54, 1.807) is 17.8 Å². The van der Waals surface area contributed by atoms with Crippen molar-refractivity contribution < 1.29 is 9.90 Å². The summed E-state index contributed by atoms with van der Waals surface area (Å²) in [5, 5.41) is 13.0. The normalized spacial score (nSPS) is 11.1. The number of allylic oxidation sites excluding steroid dienone is 1. The van der Waals surface area contributed by atoms with Crippen LogP contribution in [0.3, 0.4) is 0 Å². The predicted molar refractivity (Wildman–Crippen MR) is 74.2 cm³/mol. The molecule has 0 aliphatic carbocycles. The molecule has 7 nitrogen and oxygen atoms in total. The quantitative estimate of drug-likeness (QED) is 0.631. The third-order valence-corrected chi connectivity index (χ3v) is 3.22. The zero-order valence-electron chi connectivity index (χ0n) is 10.7. The van der Waals surface area contributed by atoms with E-state index in [2.05, 4.69) is 5.10 Å². The zero-order valence-corrected chi connectivity index (χ0v) is 11.5. The Morgan fingerprint density at radius 1 is 1.50 bits per heavy atom. The Kier molecular flexibility index (Phi) is 3.66. The van der Waals surface area contributed by atoms with Crippen molar-refractivity contribution in [1.82, 2.24) is 14.8 Å². The maximum Gasteiger partial charge on any atom is 0.310 e. The number of nitrogens with zero attached hydrogens (tertiary/aromatic N) is 2. The van der Waals surface area contributed by atoms with E-state index in [0.717, 1.165) is 11.8 Å². The molecule has 0 bridgehead atoms. The van der Waals surface area contributed by atoms with Gasteiger partial charge in [-0.15, -0.1) is 0 Å². The highest BCUT2D eigenvalue weighted by Gasteiger charge is 2.15. The van der Waals surface area contributed by atoms with E-state index in [0.29, 0.717) is 17.0 Å². The molecule has 0 amide bonds. The van der Waals surface area contributed by atoms with Gasteiger partial charge in [-0.25, -0.2) is 0 Å². The molecule has 0 saturated heterocycles. The number of H-pyrrole nitrogens is 1. The van der Waals surface area contributed by atoms with Gasteiger partial charge in [0.1, 0.15) is 5.56 Å². The van der Waals surface area contributed by atoms with Gasteiger partial charge in [-0.3, -0.25) is 24.0 Å². The molecule has 0 fully saturated rings. The van der Waals surface area contributed by atoms with E-state index in [-0.39, 0.29) is 0 Å². The van der Waals surface area contributed by atoms with E-state index in [9.17, 15) is 19.5 Å². The number of nitrogens with one attached hydrogen (secondary N) is 1. The van der Waals surface area contributed by atoms with E-state index in [1.165, 1.54) is 6.08 Å². The number of rotatable bonds is 3. The molecular weight excluding hydrogens is 282 g/mol. The van der Waals surface area contributed by atoms with Gasteiger partial charge in [-0.2, -0.15) is 5.10 Å². The Balaban J connectivity index is 2.36. The van der Waals surface area contributed by atoms with Gasteiger partial charge in [-0.1, -0.05) is 0 Å². The molecule has 0 saturated carbocycles. The lowest BCUT2D eigenvalue weighted by Gasteiger charge is -1.97. The van der Waals surface area contributed by atoms with Crippen molar-refractivity contribution in [3.05, 3.63) is 49.1 Å². The van der Waals surface area contributed by atoms with Gasteiger partial charge in [0.25, 0.3) is 5.56 Å². The first-order chi connectivity index (χ1) is 9.38. The second-order valence-corrected chi connectivity index (χ2v) is 5.02. The van der Waals surface area contributed by atoms with Crippen LogP contribution in [0.1, 0.15) is 21.7 Å². The fraction of sp³-hybridized carbons (Fsp3) is 0.167. The minimum atomic E-state index is -0.901. The molecule has 2 aromatic rings. The van der Waals surface area contributed by atoms with Crippen molar-refractivity contribution in [1.29, 1.82) is 0 Å². The lowest BCUT2D eigenvalue weighted by Crippen LogP contribution is -2.22. The molecule has 20 heavy (non-hydrogen) atoms. The number of ketones is 1. The highest BCUT2D eigenvalue weighted by atomic mass is 32.1. The van der Waals surface area contributed by atoms with Crippen molar-refractivity contribution in [3.63, 3.8) is 0 Å². The lowest BCUT2D eigenvalue weighted by molar-refractivity contribution is 0.104. The van der Waals surface area contributed by atoms with Crippen LogP contribution in [0.5, 0.6) is 5.06 Å². The summed E-state index contributed by atoms with van der Waals surface area (Å²) in [7, 11) is 1.72. The number of carbonyl (C=O) groups is 1. The highest BCUT2D eigenvalue weighted by Crippen LogP contribution is 2.16. The third-order valence-electron chi connectivity index (χ3n) is 2.54. The van der Waals surface area contributed by atoms with E-state index < -0.39 is 26.8 Å². The lowest BCUT2D eigenvalue weighted by atomic mass is 10.2. The van der Waals surface area contributed by atoms with E-state index in [4.69, 9.17) is 0 Å². The van der Waals surface area contributed by atoms with Gasteiger partial charge in [0.15, 0.2) is 10.8 Å². The summed E-state index contributed by atoms with van der Waals surface area (Å²) in [6.45, 7) is 1.81. The van der Waals surface area contributed by atoms with Gasteiger partial charge >= 0.3 is 4.87 Å². The van der Waals surface area contributed by atoms with Crippen molar-refractivity contribution in [2.75, 3.05) is 0 Å². The average molecular weight is 293 g/mol. The fourth-order valence-electron chi connectivity index (χ4n) is 1.66. The largest absolute Gasteiger partial charge is 0.499 e. The number of hydrogen-bond donors (Lipinski definition) is 2. The molecule has 2 N–H and O–H groups in total. The summed E-state index contributed by atoms with van der Waals surface area (Å²) in [5.74, 6) is -0.682. The maximum atomic E-state index is 11.9. The number of aromatic amines is 1. The summed E-state index contributed by atoms with van der Waals surface area (Å²) in [4.78, 5) is 35.6. The monoisotopic (exact) mass is 293 g/mol. The Bertz CT molecular complexity index is 813. The van der Waals surface area contributed by atoms with Crippen LogP contribution in [0, 0.1) is 6.92 Å². The number of aryl methyl sites for hydroxylation is 2. The molecule has 2 heterocycles. The van der Waals surface area contributed by atoms with Crippen molar-refractivity contribution in [3.8, 4) is 5.06 Å². The Morgan fingerprint density at radius 3 is 2.75 bits per heavy atom. The molecule has 2 aromatic heterocycles. The first-order valence-corrected chi connectivity index (χ1v) is 6.39. The van der Waals surface area contributed by atoms with Crippen LogP contribution < -0.4 is 10.4 Å². The number of carbonyl (C=O) groups excluding carboxylic acids is 1. The minimum Gasteiger partial charge on any atom is -0.499 e. The average Bonchev–Trinajstić information content (AvgIpc) is 2.63. The molecule has 0 spiro atoms. The van der Waals surface area contributed by atoms with Crippen LogP contribution in [0.25, 0.3) is 6.08 Å². The topological polar surface area (TPSA) is 105 Å². The van der Waals surface area contributed by atoms with Crippen LogP contribution >= 0.6 is 11.3 Å². The second-order valence-electron chi connectivity index (χ2n) is 4.06. The molecule has 104 valence electrons. The van der Waals surface area contributed by atoms with Gasteiger partial charge < -0.3 is 5.11 Å².